The van der Waals surface area contributed by atoms with Crippen LogP contribution in [0.4, 0.5) is 0 Å². The van der Waals surface area contributed by atoms with Gasteiger partial charge in [0.05, 0.1) is 12.0 Å². The SMILES string of the molecule is COc1ccc(S(=O)(=O)NCC2CC2)cc1C=CC(=O)O. The molecule has 0 atom stereocenters. The number of carboxylic acid groups (broad SMARTS) is 1. The molecule has 0 unspecified atom stereocenters. The Morgan fingerprint density at radius 1 is 1.48 bits per heavy atom. The van der Waals surface area contributed by atoms with Crippen LogP contribution in [0.2, 0.25) is 0 Å². The molecule has 2 rings (SSSR count). The van der Waals surface area contributed by atoms with E-state index in [1.807, 2.05) is 0 Å². The van der Waals surface area contributed by atoms with Crippen LogP contribution in [0.15, 0.2) is 29.2 Å². The van der Waals surface area contributed by atoms with Gasteiger partial charge in [-0.2, -0.15) is 0 Å². The molecule has 21 heavy (non-hydrogen) atoms. The molecule has 1 aromatic rings. The Balaban J connectivity index is 2.26. The number of rotatable bonds is 7. The number of methoxy groups -OCH3 is 1. The lowest BCUT2D eigenvalue weighted by Gasteiger charge is -2.09. The number of nitrogens with one attached hydrogen (secondary N) is 1. The van der Waals surface area contributed by atoms with Gasteiger partial charge in [0.15, 0.2) is 0 Å². The topological polar surface area (TPSA) is 92.7 Å². The summed E-state index contributed by atoms with van der Waals surface area (Å²) in [7, 11) is -2.15. The van der Waals surface area contributed by atoms with Gasteiger partial charge in [-0.3, -0.25) is 0 Å². The average Bonchev–Trinajstić information content (AvgIpc) is 3.26. The third kappa shape index (κ3) is 4.30. The summed E-state index contributed by atoms with van der Waals surface area (Å²) in [6, 6.07) is 4.34. The summed E-state index contributed by atoms with van der Waals surface area (Å²) in [5.41, 5.74) is 0.397. The van der Waals surface area contributed by atoms with E-state index in [-0.39, 0.29) is 4.90 Å². The van der Waals surface area contributed by atoms with Gasteiger partial charge in [-0.15, -0.1) is 0 Å². The molecule has 0 aliphatic heterocycles. The summed E-state index contributed by atoms with van der Waals surface area (Å²) in [5, 5.41) is 8.66. The first-order chi connectivity index (χ1) is 9.92. The minimum Gasteiger partial charge on any atom is -0.496 e. The fourth-order valence-corrected chi connectivity index (χ4v) is 2.95. The second kappa shape index (κ2) is 6.28. The maximum absolute atomic E-state index is 12.2. The molecular formula is C14H17NO5S. The third-order valence-electron chi connectivity index (χ3n) is 3.18. The van der Waals surface area contributed by atoms with E-state index in [0.29, 0.717) is 23.8 Å². The first kappa shape index (κ1) is 15.5. The summed E-state index contributed by atoms with van der Waals surface area (Å²) in [6.07, 6.45) is 4.35. The number of carboxylic acids is 1. The lowest BCUT2D eigenvalue weighted by Crippen LogP contribution is -2.25. The highest BCUT2D eigenvalue weighted by Crippen LogP contribution is 2.29. The second-order valence-corrected chi connectivity index (χ2v) is 6.64. The van der Waals surface area contributed by atoms with Crippen LogP contribution in [0.5, 0.6) is 5.75 Å². The van der Waals surface area contributed by atoms with Gasteiger partial charge in [0.25, 0.3) is 0 Å². The molecule has 1 fully saturated rings. The van der Waals surface area contributed by atoms with Gasteiger partial charge in [0.1, 0.15) is 5.75 Å². The van der Waals surface area contributed by atoms with Crippen LogP contribution in [0.25, 0.3) is 6.08 Å². The molecule has 0 radical (unpaired) electrons. The summed E-state index contributed by atoms with van der Waals surface area (Å²) in [6.45, 7) is 0.439. The molecule has 0 bridgehead atoms. The molecule has 0 spiro atoms. The van der Waals surface area contributed by atoms with Crippen molar-refractivity contribution in [2.75, 3.05) is 13.7 Å². The predicted molar refractivity (Wildman–Crippen MR) is 77.6 cm³/mol. The van der Waals surface area contributed by atoms with Crippen molar-refractivity contribution in [2.45, 2.75) is 17.7 Å². The zero-order valence-corrected chi connectivity index (χ0v) is 12.4. The van der Waals surface area contributed by atoms with Crippen molar-refractivity contribution in [3.8, 4) is 5.75 Å². The van der Waals surface area contributed by atoms with Gasteiger partial charge in [0, 0.05) is 18.2 Å². The van der Waals surface area contributed by atoms with Crippen LogP contribution in [-0.4, -0.2) is 33.1 Å². The molecule has 1 aliphatic carbocycles. The summed E-state index contributed by atoms with van der Waals surface area (Å²) >= 11 is 0. The molecule has 0 saturated heterocycles. The van der Waals surface area contributed by atoms with Crippen LogP contribution >= 0.6 is 0 Å². The van der Waals surface area contributed by atoms with E-state index in [2.05, 4.69) is 4.72 Å². The Morgan fingerprint density at radius 2 is 2.19 bits per heavy atom. The lowest BCUT2D eigenvalue weighted by atomic mass is 10.2. The van der Waals surface area contributed by atoms with Gasteiger partial charge in [-0.05, 0) is 43.0 Å². The number of ether oxygens (including phenoxy) is 1. The van der Waals surface area contributed by atoms with Gasteiger partial charge >= 0.3 is 5.97 Å². The van der Waals surface area contributed by atoms with Crippen molar-refractivity contribution in [3.63, 3.8) is 0 Å². The minimum atomic E-state index is -3.59. The molecule has 1 saturated carbocycles. The van der Waals surface area contributed by atoms with Crippen LogP contribution in [0.3, 0.4) is 0 Å². The molecule has 0 heterocycles. The zero-order chi connectivity index (χ0) is 15.5. The minimum absolute atomic E-state index is 0.0917. The smallest absolute Gasteiger partial charge is 0.328 e. The Kier molecular flexibility index (Phi) is 4.64. The van der Waals surface area contributed by atoms with Crippen LogP contribution in [-0.2, 0) is 14.8 Å². The first-order valence-electron chi connectivity index (χ1n) is 6.51. The van der Waals surface area contributed by atoms with E-state index in [0.717, 1.165) is 18.9 Å². The molecular weight excluding hydrogens is 294 g/mol. The zero-order valence-electron chi connectivity index (χ0n) is 11.6. The van der Waals surface area contributed by atoms with Crippen molar-refractivity contribution < 1.29 is 23.1 Å². The number of hydrogen-bond acceptors (Lipinski definition) is 4. The largest absolute Gasteiger partial charge is 0.496 e. The first-order valence-corrected chi connectivity index (χ1v) is 7.99. The predicted octanol–water partition coefficient (Wildman–Crippen LogP) is 1.48. The van der Waals surface area contributed by atoms with Crippen molar-refractivity contribution in [1.82, 2.24) is 4.72 Å². The Labute approximate surface area is 123 Å². The number of aliphatic carboxylic acids is 1. The van der Waals surface area contributed by atoms with Crippen LogP contribution in [0, 0.1) is 5.92 Å². The molecule has 1 aromatic carbocycles. The molecule has 1 aliphatic rings. The van der Waals surface area contributed by atoms with Crippen LogP contribution < -0.4 is 9.46 Å². The maximum Gasteiger partial charge on any atom is 0.328 e. The fraction of sp³-hybridized carbons (Fsp3) is 0.357. The maximum atomic E-state index is 12.2. The number of sulfonamides is 1. The lowest BCUT2D eigenvalue weighted by molar-refractivity contribution is -0.131. The highest BCUT2D eigenvalue weighted by molar-refractivity contribution is 7.89. The molecule has 114 valence electrons. The quantitative estimate of drug-likeness (QED) is 0.744. The van der Waals surface area contributed by atoms with E-state index in [4.69, 9.17) is 9.84 Å². The van der Waals surface area contributed by atoms with Crippen molar-refractivity contribution in [3.05, 3.63) is 29.8 Å². The third-order valence-corrected chi connectivity index (χ3v) is 4.60. The van der Waals surface area contributed by atoms with Gasteiger partial charge in [0.2, 0.25) is 10.0 Å². The summed E-state index contributed by atoms with van der Waals surface area (Å²) in [5.74, 6) is -0.268. The fourth-order valence-electron chi connectivity index (χ4n) is 1.80. The highest BCUT2D eigenvalue weighted by atomic mass is 32.2. The molecule has 0 amide bonds. The average molecular weight is 311 g/mol. The van der Waals surface area contributed by atoms with Crippen LogP contribution in [0.1, 0.15) is 18.4 Å². The van der Waals surface area contributed by atoms with E-state index >= 15 is 0 Å². The van der Waals surface area contributed by atoms with Gasteiger partial charge < -0.3 is 9.84 Å². The van der Waals surface area contributed by atoms with Crippen molar-refractivity contribution in [2.24, 2.45) is 5.92 Å². The Bertz CT molecular complexity index is 662. The van der Waals surface area contributed by atoms with E-state index in [1.165, 1.54) is 31.4 Å². The van der Waals surface area contributed by atoms with Gasteiger partial charge in [-0.1, -0.05) is 0 Å². The van der Waals surface area contributed by atoms with Crippen molar-refractivity contribution >= 4 is 22.1 Å². The number of carbonyl (C=O) groups is 1. The van der Waals surface area contributed by atoms with E-state index in [9.17, 15) is 13.2 Å². The normalized spacial score (nSPS) is 15.3. The molecule has 6 nitrogen and oxygen atoms in total. The van der Waals surface area contributed by atoms with E-state index < -0.39 is 16.0 Å². The summed E-state index contributed by atoms with van der Waals surface area (Å²) < 4.78 is 32.0. The monoisotopic (exact) mass is 311 g/mol. The van der Waals surface area contributed by atoms with Crippen molar-refractivity contribution in [1.29, 1.82) is 0 Å². The molecule has 0 aromatic heterocycles. The Morgan fingerprint density at radius 3 is 2.76 bits per heavy atom. The number of hydrogen-bond donors (Lipinski definition) is 2. The second-order valence-electron chi connectivity index (χ2n) is 4.87. The Hall–Kier alpha value is -1.86. The standard InChI is InChI=1S/C14H17NO5S/c1-20-13-6-5-12(8-11(13)4-7-14(16)17)21(18,19)15-9-10-2-3-10/h4-8,10,15H,2-3,9H2,1H3,(H,16,17). The molecule has 2 N–H and O–H groups in total. The highest BCUT2D eigenvalue weighted by Gasteiger charge is 2.24. The number of benzene rings is 1. The van der Waals surface area contributed by atoms with Gasteiger partial charge in [-0.25, -0.2) is 17.9 Å². The summed E-state index contributed by atoms with van der Waals surface area (Å²) in [4.78, 5) is 10.7. The molecule has 7 heteroatoms. The van der Waals surface area contributed by atoms with E-state index in [1.54, 1.807) is 0 Å².